The van der Waals surface area contributed by atoms with Crippen LogP contribution in [0.3, 0.4) is 0 Å². The lowest BCUT2D eigenvalue weighted by atomic mass is 9.92. The van der Waals surface area contributed by atoms with Gasteiger partial charge in [0, 0.05) is 30.3 Å². The Kier molecular flexibility index (Phi) is 6.10. The molecule has 114 valence electrons. The van der Waals surface area contributed by atoms with E-state index in [4.69, 9.17) is 4.74 Å². The van der Waals surface area contributed by atoms with E-state index in [0.717, 1.165) is 37.4 Å². The van der Waals surface area contributed by atoms with E-state index in [1.807, 2.05) is 42.1 Å². The van der Waals surface area contributed by atoms with Crippen molar-refractivity contribution in [3.8, 4) is 6.07 Å². The summed E-state index contributed by atoms with van der Waals surface area (Å²) in [5, 5.41) is 13.9. The fourth-order valence-electron chi connectivity index (χ4n) is 2.64. The summed E-state index contributed by atoms with van der Waals surface area (Å²) >= 11 is 1.90. The van der Waals surface area contributed by atoms with Gasteiger partial charge in [-0.1, -0.05) is 30.3 Å². The molecule has 1 heterocycles. The Morgan fingerprint density at radius 2 is 2.00 bits per heavy atom. The van der Waals surface area contributed by atoms with Crippen LogP contribution in [0.5, 0.6) is 0 Å². The highest BCUT2D eigenvalue weighted by molar-refractivity contribution is 7.99. The highest BCUT2D eigenvalue weighted by atomic mass is 32.2. The Bertz CT molecular complexity index is 465. The Balaban J connectivity index is 2.13. The molecule has 0 saturated carbocycles. The summed E-state index contributed by atoms with van der Waals surface area (Å²) in [7, 11) is 0. The van der Waals surface area contributed by atoms with Crippen molar-refractivity contribution < 1.29 is 4.74 Å². The number of benzene rings is 1. The maximum atomic E-state index is 9.86. The van der Waals surface area contributed by atoms with Crippen molar-refractivity contribution in [2.45, 2.75) is 43.5 Å². The minimum Gasteiger partial charge on any atom is -0.381 e. The Morgan fingerprint density at radius 3 is 2.57 bits per heavy atom. The van der Waals surface area contributed by atoms with Gasteiger partial charge in [0.1, 0.15) is 5.54 Å². The molecular weight excluding hydrogens is 280 g/mol. The van der Waals surface area contributed by atoms with Gasteiger partial charge in [-0.3, -0.25) is 5.32 Å². The molecule has 0 spiro atoms. The number of nitrogens with zero attached hydrogens (tertiary/aromatic N) is 1. The van der Waals surface area contributed by atoms with Gasteiger partial charge in [-0.2, -0.15) is 17.0 Å². The predicted octanol–water partition coefficient (Wildman–Crippen LogP) is 3.32. The van der Waals surface area contributed by atoms with E-state index in [0.29, 0.717) is 5.25 Å². The number of hydrogen-bond acceptors (Lipinski definition) is 4. The molecular formula is C17H24N2OS. The molecule has 0 aromatic heterocycles. The fraction of sp³-hybridized carbons (Fsp3) is 0.588. The first-order chi connectivity index (χ1) is 10.2. The summed E-state index contributed by atoms with van der Waals surface area (Å²) in [6, 6.07) is 12.9. The molecule has 2 rings (SSSR count). The van der Waals surface area contributed by atoms with Gasteiger partial charge in [-0.05, 0) is 32.3 Å². The molecule has 4 heteroatoms. The summed E-state index contributed by atoms with van der Waals surface area (Å²) < 4.78 is 5.41. The van der Waals surface area contributed by atoms with Crippen LogP contribution in [-0.2, 0) is 10.3 Å². The quantitative estimate of drug-likeness (QED) is 0.875. The van der Waals surface area contributed by atoms with Crippen LogP contribution in [0.4, 0.5) is 0 Å². The number of ether oxygens (including phenoxy) is 1. The summed E-state index contributed by atoms with van der Waals surface area (Å²) in [6.07, 6.45) is 2.17. The van der Waals surface area contributed by atoms with Gasteiger partial charge in [0.15, 0.2) is 0 Å². The number of rotatable bonds is 6. The summed E-state index contributed by atoms with van der Waals surface area (Å²) in [5.41, 5.74) is 0.444. The van der Waals surface area contributed by atoms with Crippen molar-refractivity contribution in [3.05, 3.63) is 35.9 Å². The molecule has 1 saturated heterocycles. The second-order valence-corrected chi connectivity index (χ2v) is 7.09. The minimum absolute atomic E-state index is 0.264. The molecule has 3 nitrogen and oxygen atoms in total. The maximum absolute atomic E-state index is 9.86. The molecule has 1 fully saturated rings. The zero-order valence-electron chi connectivity index (χ0n) is 12.8. The van der Waals surface area contributed by atoms with E-state index in [1.165, 1.54) is 0 Å². The molecule has 1 atom stereocenters. The SMILES string of the molecule is CC(C)NC(C#N)(CSC1CCOCC1)c1ccccc1. The van der Waals surface area contributed by atoms with E-state index in [9.17, 15) is 5.26 Å². The molecule has 1 aliphatic rings. The zero-order valence-corrected chi connectivity index (χ0v) is 13.7. The predicted molar refractivity (Wildman–Crippen MR) is 88.3 cm³/mol. The second-order valence-electron chi connectivity index (χ2n) is 5.80. The molecule has 1 aromatic carbocycles. The Morgan fingerprint density at radius 1 is 1.33 bits per heavy atom. The van der Waals surface area contributed by atoms with Gasteiger partial charge in [-0.15, -0.1) is 0 Å². The first-order valence-electron chi connectivity index (χ1n) is 7.60. The van der Waals surface area contributed by atoms with Crippen LogP contribution < -0.4 is 5.32 Å². The maximum Gasteiger partial charge on any atom is 0.141 e. The van der Waals surface area contributed by atoms with Crippen LogP contribution in [-0.4, -0.2) is 30.3 Å². The summed E-state index contributed by atoms with van der Waals surface area (Å²) in [4.78, 5) is 0. The van der Waals surface area contributed by atoms with Crippen LogP contribution >= 0.6 is 11.8 Å². The van der Waals surface area contributed by atoms with Crippen LogP contribution in [0.2, 0.25) is 0 Å². The molecule has 0 bridgehead atoms. The number of nitriles is 1. The topological polar surface area (TPSA) is 45.0 Å². The highest BCUT2D eigenvalue weighted by Gasteiger charge is 2.34. The van der Waals surface area contributed by atoms with E-state index < -0.39 is 5.54 Å². The van der Waals surface area contributed by atoms with Crippen LogP contribution in [0, 0.1) is 11.3 Å². The van der Waals surface area contributed by atoms with E-state index in [-0.39, 0.29) is 6.04 Å². The lowest BCUT2D eigenvalue weighted by molar-refractivity contribution is 0.0999. The third-order valence-electron chi connectivity index (χ3n) is 3.70. The molecule has 21 heavy (non-hydrogen) atoms. The van der Waals surface area contributed by atoms with Gasteiger partial charge >= 0.3 is 0 Å². The van der Waals surface area contributed by atoms with Gasteiger partial charge in [0.2, 0.25) is 0 Å². The smallest absolute Gasteiger partial charge is 0.141 e. The van der Waals surface area contributed by atoms with Gasteiger partial charge < -0.3 is 4.74 Å². The molecule has 1 N–H and O–H groups in total. The average Bonchev–Trinajstić information content (AvgIpc) is 2.53. The Labute approximate surface area is 132 Å². The normalized spacial score (nSPS) is 19.1. The lowest BCUT2D eigenvalue weighted by Gasteiger charge is -2.32. The molecule has 1 aromatic rings. The first-order valence-corrected chi connectivity index (χ1v) is 8.65. The number of thioether (sulfide) groups is 1. The van der Waals surface area contributed by atoms with Crippen molar-refractivity contribution in [2.24, 2.45) is 0 Å². The number of hydrogen-bond donors (Lipinski definition) is 1. The summed E-state index contributed by atoms with van der Waals surface area (Å²) in [5.74, 6) is 0.774. The monoisotopic (exact) mass is 304 g/mol. The van der Waals surface area contributed by atoms with Crippen molar-refractivity contribution in [3.63, 3.8) is 0 Å². The van der Waals surface area contributed by atoms with Crippen molar-refractivity contribution >= 4 is 11.8 Å². The fourth-order valence-corrected chi connectivity index (χ4v) is 3.96. The molecule has 1 aliphatic heterocycles. The van der Waals surface area contributed by atoms with Gasteiger partial charge in [-0.25, -0.2) is 0 Å². The third-order valence-corrected chi connectivity index (χ3v) is 5.24. The highest BCUT2D eigenvalue weighted by Crippen LogP contribution is 2.31. The lowest BCUT2D eigenvalue weighted by Crippen LogP contribution is -2.47. The largest absolute Gasteiger partial charge is 0.381 e. The zero-order chi connectivity index (χ0) is 15.1. The van der Waals surface area contributed by atoms with E-state index in [2.05, 4.69) is 25.2 Å². The first kappa shape index (κ1) is 16.4. The molecule has 0 aliphatic carbocycles. The molecule has 1 unspecified atom stereocenters. The average molecular weight is 304 g/mol. The third kappa shape index (κ3) is 4.47. The van der Waals surface area contributed by atoms with Crippen molar-refractivity contribution in [2.75, 3.05) is 19.0 Å². The molecule has 0 radical (unpaired) electrons. The standard InChI is InChI=1S/C17H24N2OS/c1-14(2)19-17(12-18,15-6-4-3-5-7-15)13-21-16-8-10-20-11-9-16/h3-7,14,16,19H,8-11,13H2,1-2H3. The van der Waals surface area contributed by atoms with Gasteiger partial charge in [0.25, 0.3) is 0 Å². The number of nitrogens with one attached hydrogen (secondary N) is 1. The van der Waals surface area contributed by atoms with E-state index in [1.54, 1.807) is 0 Å². The summed E-state index contributed by atoms with van der Waals surface area (Å²) in [6.45, 7) is 5.88. The van der Waals surface area contributed by atoms with Crippen LogP contribution in [0.1, 0.15) is 32.3 Å². The van der Waals surface area contributed by atoms with E-state index >= 15 is 0 Å². The van der Waals surface area contributed by atoms with Gasteiger partial charge in [0.05, 0.1) is 6.07 Å². The van der Waals surface area contributed by atoms with Crippen molar-refractivity contribution in [1.29, 1.82) is 5.26 Å². The second kappa shape index (κ2) is 7.84. The Hall–Kier alpha value is -1.02. The minimum atomic E-state index is -0.613. The van der Waals surface area contributed by atoms with Crippen molar-refractivity contribution in [1.82, 2.24) is 5.32 Å². The molecule has 0 amide bonds. The van der Waals surface area contributed by atoms with Crippen LogP contribution in [0.25, 0.3) is 0 Å². The van der Waals surface area contributed by atoms with Crippen LogP contribution in [0.15, 0.2) is 30.3 Å².